The second-order valence-electron chi connectivity index (χ2n) is 8.61. The van der Waals surface area contributed by atoms with Crippen LogP contribution in [0.2, 0.25) is 0 Å². The van der Waals surface area contributed by atoms with E-state index in [-0.39, 0.29) is 23.4 Å². The van der Waals surface area contributed by atoms with Gasteiger partial charge >= 0.3 is 0 Å². The zero-order valence-electron chi connectivity index (χ0n) is 18.4. The monoisotopic (exact) mass is 414 g/mol. The smallest absolute Gasteiger partial charge is 0.225 e. The minimum atomic E-state index is -0.675. The molecule has 0 bridgehead atoms. The Hall–Kier alpha value is -2.44. The number of furan rings is 1. The second kappa shape index (κ2) is 11.7. The summed E-state index contributed by atoms with van der Waals surface area (Å²) >= 11 is 0. The molecule has 0 spiro atoms. The molecule has 30 heavy (non-hydrogen) atoms. The van der Waals surface area contributed by atoms with E-state index in [1.807, 2.05) is 51.1 Å². The third-order valence-electron chi connectivity index (χ3n) is 4.97. The number of Topliss-reactive ketones (excluding diaryl/α,β-unsaturated/α-hetero) is 1. The van der Waals surface area contributed by atoms with E-state index in [0.717, 1.165) is 24.8 Å². The molecule has 1 aromatic heterocycles. The number of unbranched alkanes of at least 4 members (excludes halogenated alkanes) is 1. The van der Waals surface area contributed by atoms with E-state index in [9.17, 15) is 9.59 Å². The van der Waals surface area contributed by atoms with Gasteiger partial charge in [0, 0.05) is 6.54 Å². The summed E-state index contributed by atoms with van der Waals surface area (Å²) in [6.07, 6.45) is 4.09. The quantitative estimate of drug-likeness (QED) is 0.303. The summed E-state index contributed by atoms with van der Waals surface area (Å²) < 4.78 is 5.27. The van der Waals surface area contributed by atoms with Crippen molar-refractivity contribution in [3.05, 3.63) is 60.1 Å². The number of carbonyl (C=O) groups excluding carboxylic acids is 2. The van der Waals surface area contributed by atoms with E-state index in [0.29, 0.717) is 13.2 Å². The first kappa shape index (κ1) is 23.8. The van der Waals surface area contributed by atoms with Crippen molar-refractivity contribution < 1.29 is 18.8 Å². The molecule has 0 radical (unpaired) electrons. The normalized spacial score (nSPS) is 13.6. The Morgan fingerprint density at radius 3 is 2.43 bits per heavy atom. The predicted molar refractivity (Wildman–Crippen MR) is 117 cm³/mol. The third kappa shape index (κ3) is 7.43. The molecule has 2 N–H and O–H groups in total. The van der Waals surface area contributed by atoms with Crippen LogP contribution in [0.5, 0.6) is 0 Å². The van der Waals surface area contributed by atoms with E-state index < -0.39 is 11.5 Å². The minimum Gasteiger partial charge on any atom is -0.461 e. The van der Waals surface area contributed by atoms with Crippen molar-refractivity contribution >= 4 is 11.7 Å². The molecule has 1 aromatic carbocycles. The molecular weight excluding hydrogens is 380 g/mol. The lowest BCUT2D eigenvalue weighted by atomic mass is 9.83. The first-order chi connectivity index (χ1) is 14.3. The highest BCUT2D eigenvalue weighted by Crippen LogP contribution is 2.24. The van der Waals surface area contributed by atoms with Crippen LogP contribution in [0.15, 0.2) is 53.1 Å². The van der Waals surface area contributed by atoms with Gasteiger partial charge in [-0.3, -0.25) is 14.4 Å². The van der Waals surface area contributed by atoms with Crippen LogP contribution in [-0.4, -0.2) is 24.3 Å². The Kier molecular flexibility index (Phi) is 9.27. The molecule has 0 unspecified atom stereocenters. The molecule has 2 atom stereocenters. The van der Waals surface area contributed by atoms with Gasteiger partial charge in [-0.25, -0.2) is 5.48 Å². The summed E-state index contributed by atoms with van der Waals surface area (Å²) in [7, 11) is 0. The number of hydrogen-bond acceptors (Lipinski definition) is 5. The Bertz CT molecular complexity index is 766. The highest BCUT2D eigenvalue weighted by atomic mass is 16.6. The van der Waals surface area contributed by atoms with E-state index in [2.05, 4.69) is 17.7 Å². The lowest BCUT2D eigenvalue weighted by molar-refractivity contribution is -0.127. The zero-order valence-corrected chi connectivity index (χ0v) is 18.4. The van der Waals surface area contributed by atoms with Crippen molar-refractivity contribution in [1.29, 1.82) is 0 Å². The van der Waals surface area contributed by atoms with Crippen LogP contribution in [0.4, 0.5) is 0 Å². The van der Waals surface area contributed by atoms with Crippen LogP contribution in [0.1, 0.15) is 63.1 Å². The average molecular weight is 415 g/mol. The molecule has 6 nitrogen and oxygen atoms in total. The topological polar surface area (TPSA) is 80.6 Å². The van der Waals surface area contributed by atoms with E-state index in [1.54, 1.807) is 12.1 Å². The molecule has 1 amide bonds. The van der Waals surface area contributed by atoms with Crippen LogP contribution >= 0.6 is 0 Å². The van der Waals surface area contributed by atoms with E-state index >= 15 is 0 Å². The minimum absolute atomic E-state index is 0.154. The molecule has 2 rings (SSSR count). The van der Waals surface area contributed by atoms with Gasteiger partial charge in [-0.15, -0.1) is 0 Å². The van der Waals surface area contributed by atoms with Crippen molar-refractivity contribution in [3.8, 4) is 0 Å². The van der Waals surface area contributed by atoms with Gasteiger partial charge in [-0.1, -0.05) is 70.9 Å². The Labute approximate surface area is 179 Å². The Morgan fingerprint density at radius 2 is 1.83 bits per heavy atom. The molecule has 0 fully saturated rings. The standard InChI is InChI=1S/C24H34N2O4/c1-5-6-13-19(16-25-30-17-18-11-8-7-9-12-18)23(28)26-22(24(2,3)4)21(27)20-14-10-15-29-20/h7-12,14-15,19,22,25H,5-6,13,16-17H2,1-4H3,(H,26,28)/t19-,22-/m1/s1. The summed E-state index contributed by atoms with van der Waals surface area (Å²) in [5.74, 6) is -0.415. The molecule has 164 valence electrons. The molecule has 6 heteroatoms. The maximum atomic E-state index is 13.1. The molecule has 0 aliphatic rings. The first-order valence-corrected chi connectivity index (χ1v) is 10.6. The third-order valence-corrected chi connectivity index (χ3v) is 4.97. The number of nitrogens with one attached hydrogen (secondary N) is 2. The fourth-order valence-corrected chi connectivity index (χ4v) is 3.14. The van der Waals surface area contributed by atoms with Gasteiger partial charge < -0.3 is 9.73 Å². The second-order valence-corrected chi connectivity index (χ2v) is 8.61. The highest BCUT2D eigenvalue weighted by molar-refractivity contribution is 6.00. The number of benzene rings is 1. The van der Waals surface area contributed by atoms with Crippen molar-refractivity contribution in [2.45, 2.75) is 59.6 Å². The summed E-state index contributed by atoms with van der Waals surface area (Å²) in [6, 6.07) is 12.5. The van der Waals surface area contributed by atoms with Crippen molar-refractivity contribution in [1.82, 2.24) is 10.8 Å². The SMILES string of the molecule is CCCC[C@H](CNOCc1ccccc1)C(=O)N[C@H](C(=O)c1ccco1)C(C)(C)C. The van der Waals surface area contributed by atoms with Crippen LogP contribution < -0.4 is 10.8 Å². The van der Waals surface area contributed by atoms with Crippen LogP contribution in [0.25, 0.3) is 0 Å². The largest absolute Gasteiger partial charge is 0.461 e. The molecule has 0 saturated heterocycles. The maximum absolute atomic E-state index is 13.1. The average Bonchev–Trinajstić information content (AvgIpc) is 3.25. The van der Waals surface area contributed by atoms with Gasteiger partial charge in [-0.05, 0) is 29.5 Å². The molecule has 2 aromatic rings. The zero-order chi connectivity index (χ0) is 22.0. The van der Waals surface area contributed by atoms with Crippen LogP contribution in [0, 0.1) is 11.3 Å². The molecule has 0 aliphatic carbocycles. The van der Waals surface area contributed by atoms with Crippen LogP contribution in [-0.2, 0) is 16.2 Å². The molecular formula is C24H34N2O4. The van der Waals surface area contributed by atoms with Gasteiger partial charge in [0.15, 0.2) is 5.76 Å². The highest BCUT2D eigenvalue weighted by Gasteiger charge is 2.36. The summed E-state index contributed by atoms with van der Waals surface area (Å²) in [5.41, 5.74) is 3.53. The molecule has 0 saturated carbocycles. The maximum Gasteiger partial charge on any atom is 0.225 e. The predicted octanol–water partition coefficient (Wildman–Crippen LogP) is 4.52. The van der Waals surface area contributed by atoms with E-state index in [1.165, 1.54) is 6.26 Å². The fraction of sp³-hybridized carbons (Fsp3) is 0.500. The summed E-state index contributed by atoms with van der Waals surface area (Å²) in [4.78, 5) is 31.5. The lowest BCUT2D eigenvalue weighted by Gasteiger charge is -2.31. The fourth-order valence-electron chi connectivity index (χ4n) is 3.14. The number of rotatable bonds is 12. The number of amides is 1. The van der Waals surface area contributed by atoms with Gasteiger partial charge in [0.05, 0.1) is 18.8 Å². The summed E-state index contributed by atoms with van der Waals surface area (Å²) in [5, 5.41) is 2.97. The van der Waals surface area contributed by atoms with Crippen molar-refractivity contribution in [3.63, 3.8) is 0 Å². The van der Waals surface area contributed by atoms with Gasteiger partial charge in [0.2, 0.25) is 11.7 Å². The lowest BCUT2D eigenvalue weighted by Crippen LogP contribution is -2.51. The summed E-state index contributed by atoms with van der Waals surface area (Å²) in [6.45, 7) is 8.69. The first-order valence-electron chi connectivity index (χ1n) is 10.6. The number of ketones is 1. The Morgan fingerprint density at radius 1 is 1.10 bits per heavy atom. The molecule has 1 heterocycles. The van der Waals surface area contributed by atoms with E-state index in [4.69, 9.17) is 9.25 Å². The van der Waals surface area contributed by atoms with Gasteiger partial charge in [0.25, 0.3) is 0 Å². The van der Waals surface area contributed by atoms with Crippen LogP contribution in [0.3, 0.4) is 0 Å². The van der Waals surface area contributed by atoms with Crippen molar-refractivity contribution in [2.75, 3.05) is 6.54 Å². The van der Waals surface area contributed by atoms with Crippen molar-refractivity contribution in [2.24, 2.45) is 11.3 Å². The number of hydroxylamine groups is 1. The number of hydrogen-bond donors (Lipinski definition) is 2. The van der Waals surface area contributed by atoms with Gasteiger partial charge in [0.1, 0.15) is 6.04 Å². The number of carbonyl (C=O) groups is 2. The molecule has 0 aliphatic heterocycles. The Balaban J connectivity index is 1.98. The van der Waals surface area contributed by atoms with Gasteiger partial charge in [-0.2, -0.15) is 0 Å².